The highest BCUT2D eigenvalue weighted by atomic mass is 16.6. The number of carbonyl (C=O) groups excluding carboxylic acids is 1. The van der Waals surface area contributed by atoms with E-state index in [1.54, 1.807) is 0 Å². The molecule has 148 valence electrons. The molecule has 0 aromatic carbocycles. The van der Waals surface area contributed by atoms with E-state index in [9.17, 15) is 4.79 Å². The van der Waals surface area contributed by atoms with Gasteiger partial charge in [0.25, 0.3) is 0 Å². The SMILES string of the molecule is CC/C=C\C1(CCCCCCCC(OCC)C(=O)OCC)C=CCC=C1. The number of ether oxygens (including phenoxy) is 2. The van der Waals surface area contributed by atoms with Gasteiger partial charge in [-0.3, -0.25) is 0 Å². The van der Waals surface area contributed by atoms with Crippen LogP contribution in [0.1, 0.15) is 78.6 Å². The lowest BCUT2D eigenvalue weighted by molar-refractivity contribution is -0.156. The molecular formula is C23H38O3. The summed E-state index contributed by atoms with van der Waals surface area (Å²) in [6.07, 6.45) is 23.5. The molecule has 0 saturated carbocycles. The maximum atomic E-state index is 11.8. The van der Waals surface area contributed by atoms with Crippen LogP contribution in [0.2, 0.25) is 0 Å². The average Bonchev–Trinajstić information content (AvgIpc) is 2.66. The highest BCUT2D eigenvalue weighted by Gasteiger charge is 2.21. The van der Waals surface area contributed by atoms with Crippen molar-refractivity contribution in [3.05, 3.63) is 36.5 Å². The van der Waals surface area contributed by atoms with Crippen LogP contribution in [-0.4, -0.2) is 25.3 Å². The Morgan fingerprint density at radius 1 is 1.04 bits per heavy atom. The van der Waals surface area contributed by atoms with Gasteiger partial charge in [-0.05, 0) is 39.5 Å². The summed E-state index contributed by atoms with van der Waals surface area (Å²) in [7, 11) is 0. The summed E-state index contributed by atoms with van der Waals surface area (Å²) in [5.41, 5.74) is 0.137. The van der Waals surface area contributed by atoms with E-state index in [0.717, 1.165) is 32.1 Å². The Hall–Kier alpha value is -1.35. The summed E-state index contributed by atoms with van der Waals surface area (Å²) >= 11 is 0. The fourth-order valence-electron chi connectivity index (χ4n) is 3.40. The predicted molar refractivity (Wildman–Crippen MR) is 109 cm³/mol. The minimum absolute atomic E-state index is 0.137. The van der Waals surface area contributed by atoms with Crippen LogP contribution < -0.4 is 0 Å². The molecule has 1 aliphatic carbocycles. The summed E-state index contributed by atoms with van der Waals surface area (Å²) < 4.78 is 10.6. The third-order valence-electron chi connectivity index (χ3n) is 4.79. The zero-order valence-electron chi connectivity index (χ0n) is 17.0. The van der Waals surface area contributed by atoms with Crippen LogP contribution in [0.5, 0.6) is 0 Å². The van der Waals surface area contributed by atoms with Gasteiger partial charge in [-0.1, -0.05) is 75.5 Å². The molecule has 0 N–H and O–H groups in total. The molecule has 0 fully saturated rings. The lowest BCUT2D eigenvalue weighted by atomic mass is 9.79. The first-order valence-electron chi connectivity index (χ1n) is 10.5. The summed E-state index contributed by atoms with van der Waals surface area (Å²) in [6.45, 7) is 6.91. The molecule has 0 bridgehead atoms. The van der Waals surface area contributed by atoms with Crippen LogP contribution in [0.3, 0.4) is 0 Å². The van der Waals surface area contributed by atoms with Gasteiger partial charge in [0.05, 0.1) is 6.61 Å². The molecule has 0 amide bonds. The van der Waals surface area contributed by atoms with Gasteiger partial charge in [-0.15, -0.1) is 0 Å². The molecule has 0 radical (unpaired) electrons. The van der Waals surface area contributed by atoms with Crippen molar-refractivity contribution < 1.29 is 14.3 Å². The second-order valence-corrected chi connectivity index (χ2v) is 6.97. The molecule has 0 heterocycles. The first-order chi connectivity index (χ1) is 12.7. The molecule has 1 aliphatic rings. The predicted octanol–water partition coefficient (Wildman–Crippen LogP) is 6.15. The van der Waals surface area contributed by atoms with E-state index in [-0.39, 0.29) is 17.5 Å². The van der Waals surface area contributed by atoms with Crippen LogP contribution in [0, 0.1) is 5.41 Å². The molecule has 0 aromatic rings. The smallest absolute Gasteiger partial charge is 0.335 e. The second kappa shape index (κ2) is 13.8. The summed E-state index contributed by atoms with van der Waals surface area (Å²) in [6, 6.07) is 0. The minimum Gasteiger partial charge on any atom is -0.464 e. The van der Waals surface area contributed by atoms with Gasteiger partial charge in [0.1, 0.15) is 0 Å². The molecule has 0 aromatic heterocycles. The molecule has 3 heteroatoms. The van der Waals surface area contributed by atoms with E-state index < -0.39 is 0 Å². The number of esters is 1. The van der Waals surface area contributed by atoms with E-state index in [4.69, 9.17) is 9.47 Å². The lowest BCUT2D eigenvalue weighted by Gasteiger charge is -2.26. The first kappa shape index (κ1) is 22.7. The summed E-state index contributed by atoms with van der Waals surface area (Å²) in [5, 5.41) is 0. The molecule has 0 saturated heterocycles. The van der Waals surface area contributed by atoms with Gasteiger partial charge >= 0.3 is 5.97 Å². The third-order valence-corrected chi connectivity index (χ3v) is 4.79. The fourth-order valence-corrected chi connectivity index (χ4v) is 3.40. The molecule has 26 heavy (non-hydrogen) atoms. The molecule has 0 spiro atoms. The number of rotatable bonds is 14. The van der Waals surface area contributed by atoms with Gasteiger partial charge in [0.2, 0.25) is 0 Å². The largest absolute Gasteiger partial charge is 0.464 e. The zero-order chi connectivity index (χ0) is 19.1. The van der Waals surface area contributed by atoms with Crippen molar-refractivity contribution in [1.82, 2.24) is 0 Å². The Balaban J connectivity index is 2.24. The van der Waals surface area contributed by atoms with Crippen molar-refractivity contribution >= 4 is 5.97 Å². The highest BCUT2D eigenvalue weighted by Crippen LogP contribution is 2.33. The summed E-state index contributed by atoms with van der Waals surface area (Å²) in [4.78, 5) is 11.8. The Bertz CT molecular complexity index is 450. The fraction of sp³-hybridized carbons (Fsp3) is 0.696. The van der Waals surface area contributed by atoms with E-state index >= 15 is 0 Å². The van der Waals surface area contributed by atoms with E-state index in [1.165, 1.54) is 25.7 Å². The van der Waals surface area contributed by atoms with Crippen molar-refractivity contribution in [2.45, 2.75) is 84.7 Å². The van der Waals surface area contributed by atoms with Gasteiger partial charge in [0.15, 0.2) is 6.10 Å². The molecular weight excluding hydrogens is 324 g/mol. The monoisotopic (exact) mass is 362 g/mol. The highest BCUT2D eigenvalue weighted by molar-refractivity contribution is 5.74. The number of allylic oxidation sites excluding steroid dienone is 6. The number of hydrogen-bond acceptors (Lipinski definition) is 3. The van der Waals surface area contributed by atoms with Crippen LogP contribution in [0.25, 0.3) is 0 Å². The average molecular weight is 363 g/mol. The normalized spacial score (nSPS) is 16.9. The van der Waals surface area contributed by atoms with Crippen LogP contribution >= 0.6 is 0 Å². The molecule has 1 rings (SSSR count). The zero-order valence-corrected chi connectivity index (χ0v) is 17.0. The number of hydrogen-bond donors (Lipinski definition) is 0. The van der Waals surface area contributed by atoms with Crippen LogP contribution in [-0.2, 0) is 14.3 Å². The van der Waals surface area contributed by atoms with Gasteiger partial charge in [-0.2, -0.15) is 0 Å². The van der Waals surface area contributed by atoms with Crippen molar-refractivity contribution in [2.24, 2.45) is 5.41 Å². The maximum absolute atomic E-state index is 11.8. The van der Waals surface area contributed by atoms with E-state index in [1.807, 2.05) is 13.8 Å². The van der Waals surface area contributed by atoms with Crippen molar-refractivity contribution in [3.63, 3.8) is 0 Å². The van der Waals surface area contributed by atoms with Gasteiger partial charge in [-0.25, -0.2) is 4.79 Å². The molecule has 0 aliphatic heterocycles. The Labute approximate surface area is 160 Å². The molecule has 1 unspecified atom stereocenters. The Kier molecular flexibility index (Phi) is 12.0. The van der Waals surface area contributed by atoms with Gasteiger partial charge < -0.3 is 9.47 Å². The number of unbranched alkanes of at least 4 members (excludes halogenated alkanes) is 4. The quantitative estimate of drug-likeness (QED) is 0.211. The van der Waals surface area contributed by atoms with Crippen molar-refractivity contribution in [2.75, 3.05) is 13.2 Å². The maximum Gasteiger partial charge on any atom is 0.335 e. The van der Waals surface area contributed by atoms with Crippen LogP contribution in [0.4, 0.5) is 0 Å². The Morgan fingerprint density at radius 2 is 1.73 bits per heavy atom. The lowest BCUT2D eigenvalue weighted by Crippen LogP contribution is -2.26. The summed E-state index contributed by atoms with van der Waals surface area (Å²) in [5.74, 6) is -0.213. The van der Waals surface area contributed by atoms with Crippen molar-refractivity contribution in [3.8, 4) is 0 Å². The minimum atomic E-state index is -0.389. The molecule has 1 atom stereocenters. The number of carbonyl (C=O) groups is 1. The Morgan fingerprint density at radius 3 is 2.38 bits per heavy atom. The van der Waals surface area contributed by atoms with Gasteiger partial charge in [0, 0.05) is 12.0 Å². The van der Waals surface area contributed by atoms with Crippen LogP contribution in [0.15, 0.2) is 36.5 Å². The second-order valence-electron chi connectivity index (χ2n) is 6.97. The van der Waals surface area contributed by atoms with E-state index in [0.29, 0.717) is 13.2 Å². The third kappa shape index (κ3) is 8.84. The standard InChI is InChI=1S/C23H38O3/c1-4-7-17-23(19-14-11-15-20-23)18-13-10-8-9-12-16-21(25-5-2)22(24)26-6-3/h7,14-15,17,19-21H,4-6,8-13,16,18H2,1-3H3/b17-7-. The van der Waals surface area contributed by atoms with Crippen molar-refractivity contribution in [1.29, 1.82) is 0 Å². The topological polar surface area (TPSA) is 35.5 Å². The molecule has 3 nitrogen and oxygen atoms in total. The van der Waals surface area contributed by atoms with E-state index in [2.05, 4.69) is 43.4 Å². The first-order valence-corrected chi connectivity index (χ1v) is 10.5.